The van der Waals surface area contributed by atoms with E-state index in [2.05, 4.69) is 103 Å². The molecule has 356 valence electrons. The quantitative estimate of drug-likeness (QED) is 0.0809. The van der Waals surface area contributed by atoms with Crippen LogP contribution in [0.2, 0.25) is 0 Å². The molecule has 8 aromatic rings. The third-order valence-corrected chi connectivity index (χ3v) is 12.8. The zero-order valence-electron chi connectivity index (χ0n) is 40.1. The summed E-state index contributed by atoms with van der Waals surface area (Å²) in [6.07, 6.45) is 5.49. The highest BCUT2D eigenvalue weighted by Crippen LogP contribution is 2.41. The standard InChI is InChI=1S/C64H59NO6/c1-3-31-65(32-4-2)41-50-33-55-36-53-29-17-27-51(60(53)68-42-46-19-9-5-10-20-46)35-52-28-18-30-54(61(52)69-43-47-21-11-6-12-22-47)37-57-39-59(64(66)67)40-58(63(57)71-45-49-25-15-8-16-26-49)38-56(34-50)62(55)70-44-48-23-13-7-14-24-48/h3-30,33-34,39-40H,1-2,31-32,35-38,41-45H2,(H,66,67). The predicted octanol–water partition coefficient (Wildman–Crippen LogP) is 13.6. The van der Waals surface area contributed by atoms with Gasteiger partial charge in [0.05, 0.1) is 5.56 Å². The van der Waals surface area contributed by atoms with Crippen LogP contribution >= 0.6 is 0 Å². The summed E-state index contributed by atoms with van der Waals surface area (Å²) in [4.78, 5) is 15.5. The summed E-state index contributed by atoms with van der Waals surface area (Å²) in [5.74, 6) is 1.91. The topological polar surface area (TPSA) is 77.5 Å². The predicted molar refractivity (Wildman–Crippen MR) is 283 cm³/mol. The largest absolute Gasteiger partial charge is 0.488 e. The van der Waals surface area contributed by atoms with E-state index in [-0.39, 0.29) is 12.2 Å². The first kappa shape index (κ1) is 47.9. The summed E-state index contributed by atoms with van der Waals surface area (Å²) in [6, 6.07) is 61.4. The van der Waals surface area contributed by atoms with Crippen LogP contribution in [0.1, 0.15) is 82.7 Å². The molecule has 0 saturated heterocycles. The summed E-state index contributed by atoms with van der Waals surface area (Å²) >= 11 is 0. The van der Waals surface area contributed by atoms with Gasteiger partial charge < -0.3 is 24.1 Å². The van der Waals surface area contributed by atoms with Crippen molar-refractivity contribution in [2.45, 2.75) is 58.7 Å². The number of carboxylic acid groups (broad SMARTS) is 1. The summed E-state index contributed by atoms with van der Waals surface area (Å²) < 4.78 is 28.0. The second-order valence-electron chi connectivity index (χ2n) is 18.1. The first-order chi connectivity index (χ1) is 34.9. The summed E-state index contributed by atoms with van der Waals surface area (Å²) in [5.41, 5.74) is 12.7. The fourth-order valence-corrected chi connectivity index (χ4v) is 9.46. The van der Waals surface area contributed by atoms with Gasteiger partial charge in [-0.05, 0) is 84.5 Å². The van der Waals surface area contributed by atoms with Crippen LogP contribution in [0, 0.1) is 0 Å². The Balaban J connectivity index is 1.28. The molecule has 8 bridgehead atoms. The molecule has 1 aliphatic carbocycles. The lowest BCUT2D eigenvalue weighted by Crippen LogP contribution is -2.23. The molecule has 7 nitrogen and oxygen atoms in total. The summed E-state index contributed by atoms with van der Waals surface area (Å²) in [7, 11) is 0. The van der Waals surface area contributed by atoms with Crippen LogP contribution in [-0.4, -0.2) is 29.1 Å². The van der Waals surface area contributed by atoms with Crippen LogP contribution < -0.4 is 18.9 Å². The molecule has 0 fully saturated rings. The van der Waals surface area contributed by atoms with Gasteiger partial charge in [-0.15, -0.1) is 13.2 Å². The molecule has 0 heterocycles. The molecule has 1 aliphatic rings. The maximum absolute atomic E-state index is 13.2. The minimum Gasteiger partial charge on any atom is -0.488 e. The number of para-hydroxylation sites is 2. The lowest BCUT2D eigenvalue weighted by molar-refractivity contribution is 0.0696. The SMILES string of the molecule is C=CCN(CC=C)Cc1cc2c(OCc3ccccc3)c(c1)Cc1cc(C(=O)O)cc(c1OCc1ccccc1)Cc1cccc(c1OCc1ccccc1)Cc1cccc(c1OCc1ccccc1)C2. The van der Waals surface area contributed by atoms with Crippen molar-refractivity contribution in [3.05, 3.63) is 285 Å². The van der Waals surface area contributed by atoms with E-state index in [1.807, 2.05) is 97.1 Å². The molecule has 71 heavy (non-hydrogen) atoms. The van der Waals surface area contributed by atoms with Gasteiger partial charge in [-0.2, -0.15) is 0 Å². The number of hydrogen-bond donors (Lipinski definition) is 1. The highest BCUT2D eigenvalue weighted by atomic mass is 16.5. The smallest absolute Gasteiger partial charge is 0.335 e. The molecule has 7 heteroatoms. The van der Waals surface area contributed by atoms with Crippen LogP contribution in [0.25, 0.3) is 0 Å². The molecule has 0 amide bonds. The summed E-state index contributed by atoms with van der Waals surface area (Å²) in [6.45, 7) is 11.4. The Kier molecular flexibility index (Phi) is 15.8. The van der Waals surface area contributed by atoms with Gasteiger partial charge in [0, 0.05) is 45.3 Å². The van der Waals surface area contributed by atoms with Crippen molar-refractivity contribution in [1.29, 1.82) is 0 Å². The Hall–Kier alpha value is -8.13. The number of carboxylic acids is 1. The van der Waals surface area contributed by atoms with Crippen molar-refractivity contribution in [3.63, 3.8) is 0 Å². The third kappa shape index (κ3) is 12.4. The lowest BCUT2D eigenvalue weighted by Gasteiger charge is -2.25. The molecule has 0 atom stereocenters. The second-order valence-corrected chi connectivity index (χ2v) is 18.1. The van der Waals surface area contributed by atoms with Crippen molar-refractivity contribution < 1.29 is 28.8 Å². The normalized spacial score (nSPS) is 11.9. The van der Waals surface area contributed by atoms with E-state index in [0.29, 0.717) is 70.9 Å². The van der Waals surface area contributed by atoms with E-state index in [9.17, 15) is 9.90 Å². The molecule has 0 saturated carbocycles. The number of ether oxygens (including phenoxy) is 4. The van der Waals surface area contributed by atoms with Crippen LogP contribution in [0.3, 0.4) is 0 Å². The lowest BCUT2D eigenvalue weighted by atomic mass is 9.89. The Bertz CT molecular complexity index is 3070. The zero-order chi connectivity index (χ0) is 48.8. The van der Waals surface area contributed by atoms with Crippen molar-refractivity contribution in [2.24, 2.45) is 0 Å². The minimum absolute atomic E-state index is 0.174. The van der Waals surface area contributed by atoms with Crippen LogP contribution in [0.4, 0.5) is 0 Å². The van der Waals surface area contributed by atoms with E-state index in [0.717, 1.165) is 89.6 Å². The Morgan fingerprint density at radius 3 is 1.03 bits per heavy atom. The fourth-order valence-electron chi connectivity index (χ4n) is 9.46. The highest BCUT2D eigenvalue weighted by molar-refractivity contribution is 5.88. The monoisotopic (exact) mass is 937 g/mol. The molecule has 0 spiro atoms. The Labute approximate surface area is 417 Å². The Morgan fingerprint density at radius 1 is 0.408 bits per heavy atom. The number of carbonyl (C=O) groups is 1. The zero-order valence-corrected chi connectivity index (χ0v) is 40.1. The molecule has 0 unspecified atom stereocenters. The molecular formula is C64H59NO6. The number of benzene rings is 8. The van der Waals surface area contributed by atoms with Crippen molar-refractivity contribution in [1.82, 2.24) is 4.90 Å². The van der Waals surface area contributed by atoms with Crippen LogP contribution in [-0.2, 0) is 58.7 Å². The van der Waals surface area contributed by atoms with E-state index < -0.39 is 5.97 Å². The van der Waals surface area contributed by atoms with Gasteiger partial charge in [0.2, 0.25) is 0 Å². The number of fused-ring (bicyclic) bond motifs is 8. The van der Waals surface area contributed by atoms with Gasteiger partial charge in [-0.1, -0.05) is 182 Å². The minimum atomic E-state index is -1.02. The van der Waals surface area contributed by atoms with Gasteiger partial charge in [-0.25, -0.2) is 4.79 Å². The van der Waals surface area contributed by atoms with E-state index in [4.69, 9.17) is 18.9 Å². The third-order valence-electron chi connectivity index (χ3n) is 12.8. The first-order valence-corrected chi connectivity index (χ1v) is 24.3. The average molecular weight is 938 g/mol. The van der Waals surface area contributed by atoms with Crippen molar-refractivity contribution >= 4 is 5.97 Å². The molecule has 1 N–H and O–H groups in total. The number of nitrogens with zero attached hydrogens (tertiary/aromatic N) is 1. The van der Waals surface area contributed by atoms with E-state index in [1.165, 1.54) is 0 Å². The first-order valence-electron chi connectivity index (χ1n) is 24.3. The fraction of sp³-hybridized carbons (Fsp3) is 0.172. The second kappa shape index (κ2) is 23.5. The van der Waals surface area contributed by atoms with E-state index >= 15 is 0 Å². The molecule has 0 aliphatic heterocycles. The molecule has 0 radical (unpaired) electrons. The van der Waals surface area contributed by atoms with Crippen LogP contribution in [0.5, 0.6) is 23.0 Å². The van der Waals surface area contributed by atoms with Gasteiger partial charge in [-0.3, -0.25) is 4.90 Å². The van der Waals surface area contributed by atoms with Crippen molar-refractivity contribution in [3.8, 4) is 23.0 Å². The van der Waals surface area contributed by atoms with Gasteiger partial charge >= 0.3 is 5.97 Å². The average Bonchev–Trinajstić information content (AvgIpc) is 3.39. The van der Waals surface area contributed by atoms with Crippen LogP contribution in [0.15, 0.2) is 207 Å². The molecule has 9 rings (SSSR count). The number of hydrogen-bond acceptors (Lipinski definition) is 6. The maximum atomic E-state index is 13.2. The molecule has 8 aromatic carbocycles. The molecule has 0 aromatic heterocycles. The summed E-state index contributed by atoms with van der Waals surface area (Å²) in [5, 5.41) is 10.8. The molecular weight excluding hydrogens is 879 g/mol. The van der Waals surface area contributed by atoms with E-state index in [1.54, 1.807) is 12.1 Å². The van der Waals surface area contributed by atoms with Gasteiger partial charge in [0.15, 0.2) is 0 Å². The Morgan fingerprint density at radius 2 is 0.704 bits per heavy atom. The highest BCUT2D eigenvalue weighted by Gasteiger charge is 2.25. The number of rotatable bonds is 19. The number of aromatic carboxylic acids is 1. The van der Waals surface area contributed by atoms with Gasteiger partial charge in [0.25, 0.3) is 0 Å². The maximum Gasteiger partial charge on any atom is 0.335 e. The van der Waals surface area contributed by atoms with Gasteiger partial charge in [0.1, 0.15) is 49.4 Å². The van der Waals surface area contributed by atoms with Crippen molar-refractivity contribution in [2.75, 3.05) is 13.1 Å².